The van der Waals surface area contributed by atoms with E-state index in [0.29, 0.717) is 51.7 Å². The molecule has 2 aromatic rings. The van der Waals surface area contributed by atoms with Gasteiger partial charge in [-0.05, 0) is 47.9 Å². The summed E-state index contributed by atoms with van der Waals surface area (Å²) in [6.45, 7) is 6.91. The van der Waals surface area contributed by atoms with E-state index in [1.807, 2.05) is 17.0 Å². The van der Waals surface area contributed by atoms with Crippen molar-refractivity contribution in [2.75, 3.05) is 36.4 Å². The van der Waals surface area contributed by atoms with E-state index in [1.165, 1.54) is 6.08 Å². The van der Waals surface area contributed by atoms with Crippen LogP contribution in [0.2, 0.25) is 15.1 Å². The van der Waals surface area contributed by atoms with E-state index in [1.54, 1.807) is 30.3 Å². The van der Waals surface area contributed by atoms with Crippen molar-refractivity contribution in [3.05, 3.63) is 63.1 Å². The molecule has 1 fully saturated rings. The Kier molecular flexibility index (Phi) is 8.46. The van der Waals surface area contributed by atoms with Gasteiger partial charge in [0.15, 0.2) is 0 Å². The molecule has 0 spiro atoms. The number of nitrogens with one attached hydrogen (secondary N) is 1. The van der Waals surface area contributed by atoms with E-state index < -0.39 is 0 Å². The minimum atomic E-state index is -0.294. The Morgan fingerprint density at radius 2 is 1.72 bits per heavy atom. The smallest absolute Gasteiger partial charge is 0.248 e. The maximum absolute atomic E-state index is 12.3. The molecule has 1 heterocycles. The molecule has 1 aliphatic rings. The van der Waals surface area contributed by atoms with Gasteiger partial charge in [0.1, 0.15) is 0 Å². The Hall–Kier alpha value is -2.21. The largest absolute Gasteiger partial charge is 0.367 e. The third-order valence-electron chi connectivity index (χ3n) is 5.15. The molecule has 0 aromatic heterocycles. The zero-order valence-electron chi connectivity index (χ0n) is 18.1. The van der Waals surface area contributed by atoms with Crippen molar-refractivity contribution in [1.29, 1.82) is 0 Å². The van der Waals surface area contributed by atoms with Crippen LogP contribution in [0.4, 0.5) is 11.4 Å². The molecular formula is C24H26Cl3N3O2. The van der Waals surface area contributed by atoms with Gasteiger partial charge in [0.05, 0.1) is 10.7 Å². The standard InChI is InChI=1S/C24H26Cl3N3O2/c1-16(2)13-24(32)30-11-9-29(10-12-30)22-7-6-19(15-21(22)27)28-23(31)8-4-17-3-5-18(25)14-20(17)26/h3-8,14-16H,9-13H2,1-2H3,(H,28,31)/b8-4+. The molecule has 170 valence electrons. The Bertz CT molecular complexity index is 1020. The lowest BCUT2D eigenvalue weighted by molar-refractivity contribution is -0.132. The third kappa shape index (κ3) is 6.64. The molecule has 0 unspecified atom stereocenters. The van der Waals surface area contributed by atoms with Gasteiger partial charge in [0, 0.05) is 54.4 Å². The molecule has 0 atom stereocenters. The minimum Gasteiger partial charge on any atom is -0.367 e. The zero-order chi connectivity index (χ0) is 23.3. The second-order valence-electron chi connectivity index (χ2n) is 8.12. The van der Waals surface area contributed by atoms with Crippen LogP contribution in [0.1, 0.15) is 25.8 Å². The molecular weight excluding hydrogens is 469 g/mol. The molecule has 5 nitrogen and oxygen atoms in total. The van der Waals surface area contributed by atoms with Gasteiger partial charge in [0.2, 0.25) is 11.8 Å². The van der Waals surface area contributed by atoms with Crippen LogP contribution in [0.5, 0.6) is 0 Å². The summed E-state index contributed by atoms with van der Waals surface area (Å²) in [6, 6.07) is 10.5. The van der Waals surface area contributed by atoms with Crippen molar-refractivity contribution < 1.29 is 9.59 Å². The Balaban J connectivity index is 1.57. The SMILES string of the molecule is CC(C)CC(=O)N1CCN(c2ccc(NC(=O)/C=C/c3ccc(Cl)cc3Cl)cc2Cl)CC1. The van der Waals surface area contributed by atoms with Gasteiger partial charge in [-0.15, -0.1) is 0 Å². The number of piperazine rings is 1. The quantitative estimate of drug-likeness (QED) is 0.502. The number of carbonyl (C=O) groups excluding carboxylic acids is 2. The maximum Gasteiger partial charge on any atom is 0.248 e. The van der Waals surface area contributed by atoms with E-state index in [-0.39, 0.29) is 11.8 Å². The summed E-state index contributed by atoms with van der Waals surface area (Å²) in [5, 5.41) is 4.36. The number of nitrogens with zero attached hydrogens (tertiary/aromatic N) is 2. The number of anilines is 2. The van der Waals surface area contributed by atoms with Gasteiger partial charge in [0.25, 0.3) is 0 Å². The second-order valence-corrected chi connectivity index (χ2v) is 9.37. The first kappa shape index (κ1) is 24.4. The summed E-state index contributed by atoms with van der Waals surface area (Å²) >= 11 is 18.5. The van der Waals surface area contributed by atoms with Gasteiger partial charge in [-0.1, -0.05) is 54.7 Å². The van der Waals surface area contributed by atoms with Crippen LogP contribution in [0.3, 0.4) is 0 Å². The summed E-state index contributed by atoms with van der Waals surface area (Å²) in [4.78, 5) is 28.6. The highest BCUT2D eigenvalue weighted by molar-refractivity contribution is 6.35. The number of hydrogen-bond acceptors (Lipinski definition) is 3. The van der Waals surface area contributed by atoms with Crippen molar-refractivity contribution in [2.24, 2.45) is 5.92 Å². The molecule has 32 heavy (non-hydrogen) atoms. The molecule has 0 saturated carbocycles. The van der Waals surface area contributed by atoms with Crippen LogP contribution in [-0.2, 0) is 9.59 Å². The predicted molar refractivity (Wildman–Crippen MR) is 134 cm³/mol. The monoisotopic (exact) mass is 493 g/mol. The van der Waals surface area contributed by atoms with Crippen molar-refractivity contribution >= 4 is 64.1 Å². The van der Waals surface area contributed by atoms with Crippen LogP contribution in [0.25, 0.3) is 6.08 Å². The molecule has 2 amide bonds. The van der Waals surface area contributed by atoms with Crippen LogP contribution >= 0.6 is 34.8 Å². The molecule has 8 heteroatoms. The molecule has 0 radical (unpaired) electrons. The van der Waals surface area contributed by atoms with Crippen molar-refractivity contribution in [2.45, 2.75) is 20.3 Å². The zero-order valence-corrected chi connectivity index (χ0v) is 20.3. The molecule has 1 aliphatic heterocycles. The molecule has 0 aliphatic carbocycles. The van der Waals surface area contributed by atoms with Gasteiger partial charge in [-0.25, -0.2) is 0 Å². The fraction of sp³-hybridized carbons (Fsp3) is 0.333. The Morgan fingerprint density at radius 3 is 2.34 bits per heavy atom. The lowest BCUT2D eigenvalue weighted by Crippen LogP contribution is -2.49. The first-order valence-electron chi connectivity index (χ1n) is 10.5. The highest BCUT2D eigenvalue weighted by atomic mass is 35.5. The Labute approximate surface area is 203 Å². The average Bonchev–Trinajstić information content (AvgIpc) is 2.73. The van der Waals surface area contributed by atoms with Gasteiger partial charge >= 0.3 is 0 Å². The summed E-state index contributed by atoms with van der Waals surface area (Å²) < 4.78 is 0. The van der Waals surface area contributed by atoms with Crippen molar-refractivity contribution in [1.82, 2.24) is 4.90 Å². The number of carbonyl (C=O) groups is 2. The van der Waals surface area contributed by atoms with Gasteiger partial charge in [-0.2, -0.15) is 0 Å². The van der Waals surface area contributed by atoms with E-state index in [2.05, 4.69) is 24.1 Å². The van der Waals surface area contributed by atoms with E-state index in [0.717, 1.165) is 18.8 Å². The molecule has 3 rings (SSSR count). The summed E-state index contributed by atoms with van der Waals surface area (Å²) in [7, 11) is 0. The lowest BCUT2D eigenvalue weighted by atomic mass is 10.1. The van der Waals surface area contributed by atoms with E-state index in [9.17, 15) is 9.59 Å². The highest BCUT2D eigenvalue weighted by Crippen LogP contribution is 2.30. The fourth-order valence-corrected chi connectivity index (χ4v) is 4.27. The average molecular weight is 495 g/mol. The summed E-state index contributed by atoms with van der Waals surface area (Å²) in [5.41, 5.74) is 2.19. The number of rotatable bonds is 6. The van der Waals surface area contributed by atoms with Gasteiger partial charge < -0.3 is 15.1 Å². The molecule has 2 aromatic carbocycles. The number of amides is 2. The number of hydrogen-bond donors (Lipinski definition) is 1. The van der Waals surface area contributed by atoms with Gasteiger partial charge in [-0.3, -0.25) is 9.59 Å². The number of benzene rings is 2. The highest BCUT2D eigenvalue weighted by Gasteiger charge is 2.23. The maximum atomic E-state index is 12.3. The summed E-state index contributed by atoms with van der Waals surface area (Å²) in [5.74, 6) is 0.268. The Morgan fingerprint density at radius 1 is 1.00 bits per heavy atom. The first-order chi connectivity index (χ1) is 15.2. The molecule has 1 N–H and O–H groups in total. The third-order valence-corrected chi connectivity index (χ3v) is 6.01. The first-order valence-corrected chi connectivity index (χ1v) is 11.6. The van der Waals surface area contributed by atoms with Crippen LogP contribution in [0, 0.1) is 5.92 Å². The normalized spacial score (nSPS) is 14.3. The van der Waals surface area contributed by atoms with Crippen LogP contribution < -0.4 is 10.2 Å². The fourth-order valence-electron chi connectivity index (χ4n) is 3.50. The van der Waals surface area contributed by atoms with E-state index >= 15 is 0 Å². The predicted octanol–water partition coefficient (Wildman–Crippen LogP) is 5.99. The van der Waals surface area contributed by atoms with Crippen molar-refractivity contribution in [3.63, 3.8) is 0 Å². The topological polar surface area (TPSA) is 52.7 Å². The summed E-state index contributed by atoms with van der Waals surface area (Å²) in [6.07, 6.45) is 3.61. The number of halogens is 3. The molecule has 0 bridgehead atoms. The minimum absolute atomic E-state index is 0.205. The lowest BCUT2D eigenvalue weighted by Gasteiger charge is -2.36. The van der Waals surface area contributed by atoms with E-state index in [4.69, 9.17) is 34.8 Å². The second kappa shape index (κ2) is 11.1. The van der Waals surface area contributed by atoms with Crippen LogP contribution in [-0.4, -0.2) is 42.9 Å². The van der Waals surface area contributed by atoms with Crippen molar-refractivity contribution in [3.8, 4) is 0 Å². The van der Waals surface area contributed by atoms with Crippen LogP contribution in [0.15, 0.2) is 42.5 Å². The molecule has 1 saturated heterocycles.